The van der Waals surface area contributed by atoms with Crippen LogP contribution in [0.2, 0.25) is 0 Å². The van der Waals surface area contributed by atoms with E-state index in [0.717, 1.165) is 18.9 Å². The largest absolute Gasteiger partial charge is 0.394 e. The second kappa shape index (κ2) is 4.27. The number of hydrogen-bond acceptors (Lipinski definition) is 3. The van der Waals surface area contributed by atoms with Crippen molar-refractivity contribution in [3.63, 3.8) is 0 Å². The van der Waals surface area contributed by atoms with Crippen molar-refractivity contribution < 1.29 is 4.84 Å². The van der Waals surface area contributed by atoms with Gasteiger partial charge in [-0.25, -0.2) is 0 Å². The quantitative estimate of drug-likeness (QED) is 0.556. The average molecular weight is 238 g/mol. The second-order valence-electron chi connectivity index (χ2n) is 6.67. The summed E-state index contributed by atoms with van der Waals surface area (Å²) in [6.07, 6.45) is 3.78. The Kier molecular flexibility index (Phi) is 3.23. The van der Waals surface area contributed by atoms with E-state index in [4.69, 9.17) is 4.84 Å². The van der Waals surface area contributed by atoms with Gasteiger partial charge in [0.1, 0.15) is 6.61 Å². The highest BCUT2D eigenvalue weighted by atomic mass is 16.6. The lowest BCUT2D eigenvalue weighted by molar-refractivity contribution is 0.120. The van der Waals surface area contributed by atoms with E-state index < -0.39 is 0 Å². The lowest BCUT2D eigenvalue weighted by Crippen LogP contribution is -2.32. The van der Waals surface area contributed by atoms with Crippen LogP contribution in [0.4, 0.5) is 0 Å². The van der Waals surface area contributed by atoms with Crippen molar-refractivity contribution in [1.82, 2.24) is 4.90 Å². The van der Waals surface area contributed by atoms with Gasteiger partial charge in [0.2, 0.25) is 0 Å². The summed E-state index contributed by atoms with van der Waals surface area (Å²) >= 11 is 0. The summed E-state index contributed by atoms with van der Waals surface area (Å²) in [6.45, 7) is 8.78. The molecule has 2 atom stereocenters. The maximum atomic E-state index is 5.49. The third kappa shape index (κ3) is 1.99. The van der Waals surface area contributed by atoms with Gasteiger partial charge in [0.15, 0.2) is 0 Å². The molecule has 0 aromatic rings. The summed E-state index contributed by atoms with van der Waals surface area (Å²) in [7, 11) is 4.11. The van der Waals surface area contributed by atoms with Crippen LogP contribution in [0, 0.1) is 16.7 Å². The molecule has 0 aromatic carbocycles. The van der Waals surface area contributed by atoms with Gasteiger partial charge >= 0.3 is 0 Å². The van der Waals surface area contributed by atoms with E-state index in [1.54, 1.807) is 0 Å². The number of nitrogens with zero attached hydrogens (tertiary/aromatic N) is 2. The van der Waals surface area contributed by atoms with E-state index in [1.165, 1.54) is 18.6 Å². The predicted molar refractivity (Wildman–Crippen MR) is 71.2 cm³/mol. The van der Waals surface area contributed by atoms with Gasteiger partial charge in [-0.1, -0.05) is 25.9 Å². The molecule has 2 rings (SSSR count). The van der Waals surface area contributed by atoms with Crippen LogP contribution in [-0.4, -0.2) is 37.9 Å². The molecule has 2 aliphatic carbocycles. The monoisotopic (exact) mass is 238 g/mol. The highest BCUT2D eigenvalue weighted by molar-refractivity contribution is 5.93. The Bertz CT molecular complexity index is 322. The van der Waals surface area contributed by atoms with Crippen LogP contribution in [0.1, 0.15) is 40.0 Å². The van der Waals surface area contributed by atoms with E-state index in [2.05, 4.69) is 44.9 Å². The van der Waals surface area contributed by atoms with Gasteiger partial charge in [-0.05, 0) is 44.7 Å². The van der Waals surface area contributed by atoms with E-state index >= 15 is 0 Å². The van der Waals surface area contributed by atoms with Gasteiger partial charge in [0, 0.05) is 12.0 Å². The maximum Gasteiger partial charge on any atom is 0.129 e. The summed E-state index contributed by atoms with van der Waals surface area (Å²) in [5.41, 5.74) is 1.98. The lowest BCUT2D eigenvalue weighted by atomic mass is 9.70. The third-order valence-corrected chi connectivity index (χ3v) is 5.32. The number of likely N-dealkylation sites (N-methyl/N-ethyl adjacent to an activating group) is 1. The summed E-state index contributed by atoms with van der Waals surface area (Å²) in [5.74, 6) is 0.809. The highest BCUT2D eigenvalue weighted by Crippen LogP contribution is 2.63. The molecule has 0 N–H and O–H groups in total. The summed E-state index contributed by atoms with van der Waals surface area (Å²) in [6, 6.07) is 0. The van der Waals surface area contributed by atoms with Crippen molar-refractivity contribution in [2.75, 3.05) is 27.2 Å². The van der Waals surface area contributed by atoms with Gasteiger partial charge in [0.25, 0.3) is 0 Å². The van der Waals surface area contributed by atoms with Crippen molar-refractivity contribution in [2.45, 2.75) is 40.0 Å². The van der Waals surface area contributed by atoms with Crippen LogP contribution < -0.4 is 0 Å². The Hall–Kier alpha value is -0.570. The van der Waals surface area contributed by atoms with E-state index in [9.17, 15) is 0 Å². The first kappa shape index (κ1) is 12.9. The topological polar surface area (TPSA) is 24.8 Å². The first-order valence-electron chi connectivity index (χ1n) is 6.72. The Morgan fingerprint density at radius 2 is 2.06 bits per heavy atom. The molecule has 3 nitrogen and oxygen atoms in total. The number of fused-ring (bicyclic) bond motifs is 2. The van der Waals surface area contributed by atoms with Crippen molar-refractivity contribution in [3.8, 4) is 0 Å². The Balaban J connectivity index is 1.98. The first-order valence-corrected chi connectivity index (χ1v) is 6.72. The maximum absolute atomic E-state index is 5.49. The van der Waals surface area contributed by atoms with Gasteiger partial charge < -0.3 is 9.74 Å². The molecule has 98 valence electrons. The van der Waals surface area contributed by atoms with Crippen LogP contribution >= 0.6 is 0 Å². The standard InChI is InChI=1S/C14H26N2O/c1-13(2)11-6-7-14(13,3)12(10-11)15-17-9-8-16(4)5/h11H,6-10H2,1-5H3/b15-12-. The van der Waals surface area contributed by atoms with Crippen LogP contribution in [-0.2, 0) is 4.84 Å². The van der Waals surface area contributed by atoms with E-state index in [0.29, 0.717) is 12.0 Å². The highest BCUT2D eigenvalue weighted by Gasteiger charge is 2.60. The van der Waals surface area contributed by atoms with Crippen LogP contribution in [0.3, 0.4) is 0 Å². The fourth-order valence-corrected chi connectivity index (χ4v) is 3.41. The Labute approximate surface area is 105 Å². The Morgan fingerprint density at radius 3 is 2.53 bits per heavy atom. The number of hydrogen-bond donors (Lipinski definition) is 0. The molecule has 0 amide bonds. The molecule has 2 fully saturated rings. The average Bonchev–Trinajstić information content (AvgIpc) is 2.56. The summed E-state index contributed by atoms with van der Waals surface area (Å²) in [4.78, 5) is 7.60. The molecule has 17 heavy (non-hydrogen) atoms. The van der Waals surface area contributed by atoms with Crippen molar-refractivity contribution >= 4 is 5.71 Å². The van der Waals surface area contributed by atoms with Crippen LogP contribution in [0.15, 0.2) is 5.16 Å². The molecule has 2 aliphatic rings. The van der Waals surface area contributed by atoms with Gasteiger partial charge in [-0.2, -0.15) is 0 Å². The molecule has 2 unspecified atom stereocenters. The molecule has 0 saturated heterocycles. The number of rotatable bonds is 4. The molecule has 0 aromatic heterocycles. The predicted octanol–water partition coefficient (Wildman–Crippen LogP) is 2.77. The molecule has 0 radical (unpaired) electrons. The summed E-state index contributed by atoms with van der Waals surface area (Å²) < 4.78 is 0. The van der Waals surface area contributed by atoms with Crippen molar-refractivity contribution in [3.05, 3.63) is 0 Å². The fraction of sp³-hybridized carbons (Fsp3) is 0.929. The molecule has 2 saturated carbocycles. The third-order valence-electron chi connectivity index (χ3n) is 5.32. The van der Waals surface area contributed by atoms with Crippen LogP contribution in [0.25, 0.3) is 0 Å². The molecular weight excluding hydrogens is 212 g/mol. The second-order valence-corrected chi connectivity index (χ2v) is 6.67. The van der Waals surface area contributed by atoms with E-state index in [-0.39, 0.29) is 5.41 Å². The fourth-order valence-electron chi connectivity index (χ4n) is 3.41. The zero-order valence-electron chi connectivity index (χ0n) is 11.9. The first-order chi connectivity index (χ1) is 7.88. The summed E-state index contributed by atoms with van der Waals surface area (Å²) in [5, 5.41) is 4.44. The molecule has 2 bridgehead atoms. The SMILES string of the molecule is CN(C)CCO/N=C1/CC2CCC1(C)C2(C)C. The smallest absolute Gasteiger partial charge is 0.129 e. The Morgan fingerprint density at radius 1 is 1.35 bits per heavy atom. The van der Waals surface area contributed by atoms with Crippen molar-refractivity contribution in [1.29, 1.82) is 0 Å². The minimum absolute atomic E-state index is 0.274. The van der Waals surface area contributed by atoms with Crippen LogP contribution in [0.5, 0.6) is 0 Å². The van der Waals surface area contributed by atoms with Gasteiger partial charge in [-0.3, -0.25) is 0 Å². The minimum atomic E-state index is 0.274. The van der Waals surface area contributed by atoms with E-state index in [1.807, 2.05) is 0 Å². The molecule has 0 spiro atoms. The zero-order valence-corrected chi connectivity index (χ0v) is 11.9. The zero-order chi connectivity index (χ0) is 12.7. The van der Waals surface area contributed by atoms with Gasteiger partial charge in [0.05, 0.1) is 5.71 Å². The van der Waals surface area contributed by atoms with Gasteiger partial charge in [-0.15, -0.1) is 0 Å². The molecular formula is C14H26N2O. The number of oxime groups is 1. The lowest BCUT2D eigenvalue weighted by Gasteiger charge is -2.34. The molecule has 0 aliphatic heterocycles. The normalized spacial score (nSPS) is 37.1. The molecule has 3 heteroatoms. The van der Waals surface area contributed by atoms with Crippen molar-refractivity contribution in [2.24, 2.45) is 21.9 Å². The minimum Gasteiger partial charge on any atom is -0.394 e. The molecule has 0 heterocycles.